The van der Waals surface area contributed by atoms with Gasteiger partial charge in [-0.05, 0) is 31.5 Å². The quantitative estimate of drug-likeness (QED) is 0.834. The van der Waals surface area contributed by atoms with Gasteiger partial charge < -0.3 is 9.52 Å². The number of aromatic nitrogens is 2. The first kappa shape index (κ1) is 9.98. The lowest BCUT2D eigenvalue weighted by molar-refractivity contribution is 0.177. The Bertz CT molecular complexity index is 445. The van der Waals surface area contributed by atoms with Crippen LogP contribution >= 0.6 is 0 Å². The van der Waals surface area contributed by atoms with Crippen LogP contribution in [0.3, 0.4) is 0 Å². The molecule has 0 amide bonds. The zero-order valence-electron chi connectivity index (χ0n) is 8.84. The van der Waals surface area contributed by atoms with Gasteiger partial charge in [0, 0.05) is 12.7 Å². The van der Waals surface area contributed by atoms with E-state index in [0.717, 1.165) is 17.8 Å². The highest BCUT2D eigenvalue weighted by Crippen LogP contribution is 2.24. The Kier molecular flexibility index (Phi) is 2.60. The molecular formula is C11H14N2O2. The summed E-state index contributed by atoms with van der Waals surface area (Å²) in [4.78, 5) is 0. The van der Waals surface area contributed by atoms with E-state index >= 15 is 0 Å². The average Bonchev–Trinajstić information content (AvgIpc) is 2.84. The molecule has 4 nitrogen and oxygen atoms in total. The van der Waals surface area contributed by atoms with Crippen molar-refractivity contribution in [2.24, 2.45) is 0 Å². The second-order valence-electron chi connectivity index (χ2n) is 3.44. The number of hydrogen-bond acceptors (Lipinski definition) is 3. The molecule has 1 atom stereocenters. The predicted octanol–water partition coefficient (Wildman–Crippen LogP) is 1.89. The Hall–Kier alpha value is -1.55. The van der Waals surface area contributed by atoms with E-state index in [1.807, 2.05) is 19.9 Å². The van der Waals surface area contributed by atoms with E-state index < -0.39 is 6.10 Å². The first-order valence-electron chi connectivity index (χ1n) is 4.97. The molecule has 2 aromatic rings. The molecule has 0 radical (unpaired) electrons. The number of furan rings is 1. The molecule has 0 saturated heterocycles. The van der Waals surface area contributed by atoms with Gasteiger partial charge in [-0.2, -0.15) is 5.10 Å². The van der Waals surface area contributed by atoms with E-state index in [2.05, 4.69) is 5.10 Å². The minimum atomic E-state index is -0.734. The average molecular weight is 206 g/mol. The molecule has 2 heterocycles. The second kappa shape index (κ2) is 3.90. The van der Waals surface area contributed by atoms with Crippen LogP contribution in [-0.2, 0) is 6.54 Å². The summed E-state index contributed by atoms with van der Waals surface area (Å²) in [5.41, 5.74) is 1.71. The van der Waals surface area contributed by atoms with Crippen LogP contribution in [-0.4, -0.2) is 14.9 Å². The molecule has 4 heteroatoms. The molecule has 15 heavy (non-hydrogen) atoms. The molecule has 1 N–H and O–H groups in total. The Morgan fingerprint density at radius 3 is 2.93 bits per heavy atom. The smallest absolute Gasteiger partial charge is 0.153 e. The van der Waals surface area contributed by atoms with E-state index in [-0.39, 0.29) is 0 Å². The lowest BCUT2D eigenvalue weighted by Gasteiger charge is -2.10. The molecule has 0 saturated carbocycles. The molecule has 1 unspecified atom stereocenters. The second-order valence-corrected chi connectivity index (χ2v) is 3.44. The summed E-state index contributed by atoms with van der Waals surface area (Å²) in [6.45, 7) is 4.63. The van der Waals surface area contributed by atoms with Crippen molar-refractivity contribution < 1.29 is 9.52 Å². The molecule has 0 aromatic carbocycles. The van der Waals surface area contributed by atoms with Gasteiger partial charge in [0.05, 0.1) is 12.0 Å². The van der Waals surface area contributed by atoms with Crippen LogP contribution in [0.15, 0.2) is 29.0 Å². The number of aliphatic hydroxyl groups excluding tert-OH is 1. The first-order chi connectivity index (χ1) is 7.24. The van der Waals surface area contributed by atoms with Gasteiger partial charge in [0.15, 0.2) is 6.10 Å². The van der Waals surface area contributed by atoms with E-state index in [9.17, 15) is 5.11 Å². The molecule has 0 aliphatic rings. The number of rotatable bonds is 3. The topological polar surface area (TPSA) is 51.2 Å². The Balaban J connectivity index is 2.36. The highest BCUT2D eigenvalue weighted by atomic mass is 16.4. The van der Waals surface area contributed by atoms with Gasteiger partial charge >= 0.3 is 0 Å². The van der Waals surface area contributed by atoms with Crippen molar-refractivity contribution >= 4 is 0 Å². The van der Waals surface area contributed by atoms with Crippen LogP contribution in [0, 0.1) is 6.92 Å². The third kappa shape index (κ3) is 1.68. The summed E-state index contributed by atoms with van der Waals surface area (Å²) >= 11 is 0. The van der Waals surface area contributed by atoms with Crippen LogP contribution in [0.1, 0.15) is 30.0 Å². The van der Waals surface area contributed by atoms with Crippen LogP contribution in [0.5, 0.6) is 0 Å². The molecule has 0 aliphatic carbocycles. The summed E-state index contributed by atoms with van der Waals surface area (Å²) in [7, 11) is 0. The van der Waals surface area contributed by atoms with Crippen molar-refractivity contribution in [3.63, 3.8) is 0 Å². The zero-order chi connectivity index (χ0) is 10.8. The Morgan fingerprint density at radius 2 is 2.33 bits per heavy atom. The molecule has 0 spiro atoms. The number of nitrogens with zero attached hydrogens (tertiary/aromatic N) is 2. The van der Waals surface area contributed by atoms with Crippen molar-refractivity contribution in [2.75, 3.05) is 0 Å². The van der Waals surface area contributed by atoms with Gasteiger partial charge in [0.1, 0.15) is 5.76 Å². The maximum absolute atomic E-state index is 10.1. The highest BCUT2D eigenvalue weighted by Gasteiger charge is 2.19. The van der Waals surface area contributed by atoms with Crippen LogP contribution in [0.4, 0.5) is 0 Å². The zero-order valence-corrected chi connectivity index (χ0v) is 8.84. The molecular weight excluding hydrogens is 192 g/mol. The van der Waals surface area contributed by atoms with Crippen molar-refractivity contribution in [3.8, 4) is 0 Å². The SMILES string of the molecule is CCn1nccc1C(O)c1occc1C. The fourth-order valence-electron chi connectivity index (χ4n) is 1.64. The minimum Gasteiger partial charge on any atom is -0.466 e. The fraction of sp³-hybridized carbons (Fsp3) is 0.364. The summed E-state index contributed by atoms with van der Waals surface area (Å²) in [5, 5.41) is 14.2. The summed E-state index contributed by atoms with van der Waals surface area (Å²) in [5.74, 6) is 0.588. The Labute approximate surface area is 88.1 Å². The molecule has 0 fully saturated rings. The third-order valence-corrected chi connectivity index (χ3v) is 2.48. The molecule has 80 valence electrons. The van der Waals surface area contributed by atoms with Gasteiger partial charge in [0.2, 0.25) is 0 Å². The standard InChI is InChI=1S/C11H14N2O2/c1-3-13-9(4-6-12-13)10(14)11-8(2)5-7-15-11/h4-7,10,14H,3H2,1-2H3. The van der Waals surface area contributed by atoms with Crippen molar-refractivity contribution in [1.29, 1.82) is 0 Å². The van der Waals surface area contributed by atoms with E-state index in [0.29, 0.717) is 5.76 Å². The summed E-state index contributed by atoms with van der Waals surface area (Å²) < 4.78 is 7.01. The predicted molar refractivity (Wildman–Crippen MR) is 55.4 cm³/mol. The monoisotopic (exact) mass is 206 g/mol. The van der Waals surface area contributed by atoms with Crippen molar-refractivity contribution in [1.82, 2.24) is 9.78 Å². The van der Waals surface area contributed by atoms with Crippen LogP contribution in [0.2, 0.25) is 0 Å². The summed E-state index contributed by atoms with van der Waals surface area (Å²) in [6, 6.07) is 3.64. The van der Waals surface area contributed by atoms with Gasteiger partial charge in [-0.1, -0.05) is 0 Å². The Morgan fingerprint density at radius 1 is 1.53 bits per heavy atom. The number of aryl methyl sites for hydroxylation is 2. The largest absolute Gasteiger partial charge is 0.466 e. The maximum atomic E-state index is 10.1. The lowest BCUT2D eigenvalue weighted by Crippen LogP contribution is -2.09. The first-order valence-corrected chi connectivity index (χ1v) is 4.97. The fourth-order valence-corrected chi connectivity index (χ4v) is 1.64. The van der Waals surface area contributed by atoms with E-state index in [4.69, 9.17) is 4.42 Å². The van der Waals surface area contributed by atoms with Crippen molar-refractivity contribution in [2.45, 2.75) is 26.5 Å². The van der Waals surface area contributed by atoms with E-state index in [1.165, 1.54) is 0 Å². The lowest BCUT2D eigenvalue weighted by atomic mass is 10.1. The summed E-state index contributed by atoms with van der Waals surface area (Å²) in [6.07, 6.45) is 2.53. The molecule has 2 aromatic heterocycles. The van der Waals surface area contributed by atoms with Crippen LogP contribution < -0.4 is 0 Å². The highest BCUT2D eigenvalue weighted by molar-refractivity contribution is 5.24. The molecule has 0 bridgehead atoms. The third-order valence-electron chi connectivity index (χ3n) is 2.48. The van der Waals surface area contributed by atoms with Gasteiger partial charge in [-0.3, -0.25) is 4.68 Å². The normalized spacial score (nSPS) is 13.0. The van der Waals surface area contributed by atoms with Gasteiger partial charge in [-0.15, -0.1) is 0 Å². The maximum Gasteiger partial charge on any atom is 0.153 e. The molecule has 2 rings (SSSR count). The molecule has 0 aliphatic heterocycles. The number of hydrogen-bond donors (Lipinski definition) is 1. The van der Waals surface area contributed by atoms with E-state index in [1.54, 1.807) is 23.2 Å². The number of aliphatic hydroxyl groups is 1. The van der Waals surface area contributed by atoms with Gasteiger partial charge in [-0.25, -0.2) is 0 Å². The van der Waals surface area contributed by atoms with Gasteiger partial charge in [0.25, 0.3) is 0 Å². The van der Waals surface area contributed by atoms with Crippen LogP contribution in [0.25, 0.3) is 0 Å². The minimum absolute atomic E-state index is 0.588. The van der Waals surface area contributed by atoms with Crippen molar-refractivity contribution in [3.05, 3.63) is 41.6 Å².